The summed E-state index contributed by atoms with van der Waals surface area (Å²) in [6.45, 7) is 0.394. The number of hydrogen-bond donors (Lipinski definition) is 3. The van der Waals surface area contributed by atoms with E-state index in [-0.39, 0.29) is 37.7 Å². The van der Waals surface area contributed by atoms with Gasteiger partial charge in [-0.15, -0.1) is 0 Å². The van der Waals surface area contributed by atoms with Crippen molar-refractivity contribution in [1.82, 2.24) is 15.5 Å². The molecule has 0 fully saturated rings. The van der Waals surface area contributed by atoms with Gasteiger partial charge < -0.3 is 26.0 Å². The quantitative estimate of drug-likeness (QED) is 0.506. The van der Waals surface area contributed by atoms with E-state index in [4.69, 9.17) is 10.5 Å². The van der Waals surface area contributed by atoms with Crippen molar-refractivity contribution in [3.05, 3.63) is 35.9 Å². The van der Waals surface area contributed by atoms with Gasteiger partial charge in [-0.25, -0.2) is 4.79 Å². The highest BCUT2D eigenvalue weighted by molar-refractivity contribution is 5.86. The molecule has 9 heteroatoms. The van der Waals surface area contributed by atoms with Crippen molar-refractivity contribution in [2.75, 3.05) is 20.6 Å². The highest BCUT2D eigenvalue weighted by atomic mass is 16.5. The lowest BCUT2D eigenvalue weighted by molar-refractivity contribution is -0.133. The van der Waals surface area contributed by atoms with E-state index in [1.807, 2.05) is 30.3 Å². The van der Waals surface area contributed by atoms with Crippen LogP contribution in [0.1, 0.15) is 31.2 Å². The van der Waals surface area contributed by atoms with Gasteiger partial charge in [0.2, 0.25) is 17.7 Å². The number of ether oxygens (including phenoxy) is 1. The Morgan fingerprint density at radius 2 is 1.82 bits per heavy atom. The van der Waals surface area contributed by atoms with E-state index in [0.717, 1.165) is 5.56 Å². The minimum Gasteiger partial charge on any atom is -0.445 e. The van der Waals surface area contributed by atoms with E-state index >= 15 is 0 Å². The molecular weight excluding hydrogens is 364 g/mol. The average Bonchev–Trinajstić information content (AvgIpc) is 2.69. The molecule has 28 heavy (non-hydrogen) atoms. The summed E-state index contributed by atoms with van der Waals surface area (Å²) in [7, 11) is 3.11. The molecule has 0 heterocycles. The Kier molecular flexibility index (Phi) is 10.1. The first-order valence-corrected chi connectivity index (χ1v) is 9.04. The van der Waals surface area contributed by atoms with Crippen LogP contribution in [0.25, 0.3) is 0 Å². The molecule has 154 valence electrons. The predicted octanol–water partition coefficient (Wildman–Crippen LogP) is 0.532. The molecule has 1 atom stereocenters. The number of amides is 4. The molecule has 1 aromatic carbocycles. The average molecular weight is 392 g/mol. The molecule has 0 spiro atoms. The molecule has 0 aliphatic rings. The van der Waals surface area contributed by atoms with Crippen molar-refractivity contribution in [2.45, 2.75) is 38.3 Å². The first-order valence-electron chi connectivity index (χ1n) is 9.04. The molecule has 0 aromatic heterocycles. The molecule has 9 nitrogen and oxygen atoms in total. The van der Waals surface area contributed by atoms with Crippen LogP contribution in [0.3, 0.4) is 0 Å². The normalized spacial score (nSPS) is 11.2. The lowest BCUT2D eigenvalue weighted by Gasteiger charge is -2.24. The molecule has 1 rings (SSSR count). The molecule has 0 saturated carbocycles. The first kappa shape index (κ1) is 22.9. The Morgan fingerprint density at radius 3 is 2.43 bits per heavy atom. The Bertz CT molecular complexity index is 666. The van der Waals surface area contributed by atoms with Gasteiger partial charge in [0.25, 0.3) is 0 Å². The zero-order valence-electron chi connectivity index (χ0n) is 16.3. The van der Waals surface area contributed by atoms with Gasteiger partial charge in [0, 0.05) is 33.5 Å². The van der Waals surface area contributed by atoms with Crippen LogP contribution in [-0.4, -0.2) is 55.4 Å². The number of likely N-dealkylation sites (N-methyl/N-ethyl adjacent to an activating group) is 1. The van der Waals surface area contributed by atoms with Gasteiger partial charge >= 0.3 is 6.09 Å². The summed E-state index contributed by atoms with van der Waals surface area (Å²) in [5.41, 5.74) is 5.97. The van der Waals surface area contributed by atoms with Crippen LogP contribution in [-0.2, 0) is 25.7 Å². The highest BCUT2D eigenvalue weighted by Crippen LogP contribution is 2.06. The van der Waals surface area contributed by atoms with E-state index in [9.17, 15) is 19.2 Å². The first-order chi connectivity index (χ1) is 13.3. The monoisotopic (exact) mass is 392 g/mol. The van der Waals surface area contributed by atoms with E-state index in [0.29, 0.717) is 13.0 Å². The summed E-state index contributed by atoms with van der Waals surface area (Å²) in [6.07, 6.45) is 0.0104. The third-order valence-corrected chi connectivity index (χ3v) is 4.03. The van der Waals surface area contributed by atoms with Crippen LogP contribution in [0.4, 0.5) is 4.79 Å². The van der Waals surface area contributed by atoms with Gasteiger partial charge in [0.1, 0.15) is 12.6 Å². The van der Waals surface area contributed by atoms with Crippen LogP contribution in [0.15, 0.2) is 30.3 Å². The maximum absolute atomic E-state index is 12.6. The number of benzene rings is 1. The number of rotatable bonds is 11. The fraction of sp³-hybridized carbons (Fsp3) is 0.474. The summed E-state index contributed by atoms with van der Waals surface area (Å²) in [4.78, 5) is 48.4. The third kappa shape index (κ3) is 9.02. The number of carbonyl (C=O) groups is 4. The van der Waals surface area contributed by atoms with Crippen molar-refractivity contribution < 1.29 is 23.9 Å². The Hall–Kier alpha value is -3.10. The zero-order chi connectivity index (χ0) is 20.9. The fourth-order valence-electron chi connectivity index (χ4n) is 2.43. The van der Waals surface area contributed by atoms with Gasteiger partial charge in [-0.05, 0) is 18.4 Å². The minimum absolute atomic E-state index is 0.0541. The van der Waals surface area contributed by atoms with E-state index in [2.05, 4.69) is 10.6 Å². The number of alkyl carbamates (subject to hydrolysis) is 1. The molecular formula is C19H28N4O5. The van der Waals surface area contributed by atoms with Gasteiger partial charge in [0.05, 0.1) is 0 Å². The summed E-state index contributed by atoms with van der Waals surface area (Å²) in [5.74, 6) is -1.07. The number of carbonyl (C=O) groups excluding carboxylic acids is 4. The van der Waals surface area contributed by atoms with E-state index in [1.165, 1.54) is 4.90 Å². The maximum Gasteiger partial charge on any atom is 0.408 e. The van der Waals surface area contributed by atoms with Gasteiger partial charge in [-0.3, -0.25) is 14.4 Å². The van der Waals surface area contributed by atoms with Crippen LogP contribution in [0.5, 0.6) is 0 Å². The molecule has 4 N–H and O–H groups in total. The van der Waals surface area contributed by atoms with Gasteiger partial charge in [-0.2, -0.15) is 0 Å². The molecule has 0 aliphatic carbocycles. The van der Waals surface area contributed by atoms with Crippen molar-refractivity contribution in [3.63, 3.8) is 0 Å². The number of nitrogens with two attached hydrogens (primary N) is 1. The van der Waals surface area contributed by atoms with Gasteiger partial charge in [0.15, 0.2) is 0 Å². The second kappa shape index (κ2) is 12.3. The number of primary amides is 1. The maximum atomic E-state index is 12.6. The smallest absolute Gasteiger partial charge is 0.408 e. The second-order valence-electron chi connectivity index (χ2n) is 6.30. The number of hydrogen-bond acceptors (Lipinski definition) is 5. The predicted molar refractivity (Wildman–Crippen MR) is 103 cm³/mol. The molecule has 0 bridgehead atoms. The van der Waals surface area contributed by atoms with E-state index < -0.39 is 18.0 Å². The SMILES string of the molecule is CNC(=O)CCCN(C)C(=O)[C@H](CCC(N)=O)NC(=O)OCc1ccccc1. The standard InChI is InChI=1S/C19H28N4O5/c1-21-17(25)9-6-12-23(2)18(26)15(10-11-16(20)24)22-19(27)28-13-14-7-4-3-5-8-14/h3-5,7-8,15H,6,9-13H2,1-2H3,(H2,20,24)(H,21,25)(H,22,27)/t15-/m0/s1. The molecule has 0 unspecified atom stereocenters. The fourth-order valence-corrected chi connectivity index (χ4v) is 2.43. The molecule has 0 saturated heterocycles. The van der Waals surface area contributed by atoms with Crippen molar-refractivity contribution in [3.8, 4) is 0 Å². The van der Waals surface area contributed by atoms with Crippen LogP contribution in [0.2, 0.25) is 0 Å². The second-order valence-corrected chi connectivity index (χ2v) is 6.30. The molecule has 0 aliphatic heterocycles. The summed E-state index contributed by atoms with van der Waals surface area (Å²) >= 11 is 0. The molecule has 1 aromatic rings. The number of nitrogens with one attached hydrogen (secondary N) is 2. The van der Waals surface area contributed by atoms with Crippen molar-refractivity contribution >= 4 is 23.8 Å². The number of nitrogens with zero attached hydrogens (tertiary/aromatic N) is 1. The van der Waals surface area contributed by atoms with E-state index in [1.54, 1.807) is 14.1 Å². The van der Waals surface area contributed by atoms with Crippen LogP contribution < -0.4 is 16.4 Å². The summed E-state index contributed by atoms with van der Waals surface area (Å²) in [6, 6.07) is 8.17. The topological polar surface area (TPSA) is 131 Å². The lowest BCUT2D eigenvalue weighted by atomic mass is 10.1. The molecule has 0 radical (unpaired) electrons. The Balaban J connectivity index is 2.59. The largest absolute Gasteiger partial charge is 0.445 e. The van der Waals surface area contributed by atoms with Gasteiger partial charge in [-0.1, -0.05) is 30.3 Å². The zero-order valence-corrected chi connectivity index (χ0v) is 16.3. The Morgan fingerprint density at radius 1 is 1.14 bits per heavy atom. The van der Waals surface area contributed by atoms with Crippen molar-refractivity contribution in [1.29, 1.82) is 0 Å². The molecule has 4 amide bonds. The summed E-state index contributed by atoms with van der Waals surface area (Å²) in [5, 5.41) is 5.00. The summed E-state index contributed by atoms with van der Waals surface area (Å²) < 4.78 is 5.13. The minimum atomic E-state index is -0.944. The van der Waals surface area contributed by atoms with Crippen LogP contribution >= 0.6 is 0 Å². The van der Waals surface area contributed by atoms with Crippen molar-refractivity contribution in [2.24, 2.45) is 5.73 Å². The van der Waals surface area contributed by atoms with Crippen LogP contribution in [0, 0.1) is 0 Å². The lowest BCUT2D eigenvalue weighted by Crippen LogP contribution is -2.48. The Labute approximate surface area is 164 Å². The third-order valence-electron chi connectivity index (χ3n) is 4.03. The highest BCUT2D eigenvalue weighted by Gasteiger charge is 2.25.